The van der Waals surface area contributed by atoms with E-state index in [4.69, 9.17) is 0 Å². The van der Waals surface area contributed by atoms with E-state index in [1.807, 2.05) is 54.5 Å². The summed E-state index contributed by atoms with van der Waals surface area (Å²) in [5.41, 5.74) is 6.20. The van der Waals surface area contributed by atoms with Crippen molar-refractivity contribution in [3.8, 4) is 5.95 Å². The second-order valence-corrected chi connectivity index (χ2v) is 8.39. The molecule has 2 aromatic heterocycles. The third kappa shape index (κ3) is 5.19. The Bertz CT molecular complexity index is 1160. The highest BCUT2D eigenvalue weighted by atomic mass is 16.2. The molecule has 0 radical (unpaired) electrons. The van der Waals surface area contributed by atoms with Crippen molar-refractivity contribution in [2.45, 2.75) is 60.9 Å². The number of nitrogens with zero attached hydrogens (tertiary/aromatic N) is 4. The minimum absolute atomic E-state index is 0.0581. The fraction of sp³-hybridized carbons (Fsp3) is 0.375. The fourth-order valence-corrected chi connectivity index (χ4v) is 3.63. The maximum atomic E-state index is 12.8. The van der Waals surface area contributed by atoms with Crippen molar-refractivity contribution >= 4 is 17.5 Å². The largest absolute Gasteiger partial charge is 0.350 e. The molecular formula is C24H30N6O2. The van der Waals surface area contributed by atoms with E-state index in [-0.39, 0.29) is 24.3 Å². The van der Waals surface area contributed by atoms with Gasteiger partial charge in [-0.05, 0) is 78.3 Å². The van der Waals surface area contributed by atoms with E-state index in [2.05, 4.69) is 25.7 Å². The molecule has 1 aromatic carbocycles. The van der Waals surface area contributed by atoms with Gasteiger partial charge >= 0.3 is 0 Å². The predicted molar refractivity (Wildman–Crippen MR) is 124 cm³/mol. The molecular weight excluding hydrogens is 404 g/mol. The zero-order valence-corrected chi connectivity index (χ0v) is 19.7. The van der Waals surface area contributed by atoms with E-state index in [0.29, 0.717) is 17.2 Å². The molecule has 0 atom stereocenters. The van der Waals surface area contributed by atoms with Gasteiger partial charge in [-0.3, -0.25) is 9.59 Å². The van der Waals surface area contributed by atoms with Crippen molar-refractivity contribution < 1.29 is 9.59 Å². The summed E-state index contributed by atoms with van der Waals surface area (Å²) in [6, 6.07) is 7.24. The maximum Gasteiger partial charge on any atom is 0.251 e. The number of carbonyl (C=O) groups excluding carboxylic acids is 2. The standard InChI is InChI=1S/C24H30N6O2/c1-13(2)25-23(32)20-9-8-19(10-14(20)3)28-22(31)12-21-17(6)29-30(18(21)7)24-26-15(4)11-16(5)27-24/h8-11,13H,12H2,1-7H3,(H,25,32)(H,28,31). The van der Waals surface area contributed by atoms with E-state index in [1.54, 1.807) is 22.9 Å². The Morgan fingerprint density at radius 3 is 2.25 bits per heavy atom. The summed E-state index contributed by atoms with van der Waals surface area (Å²) in [4.78, 5) is 34.0. The predicted octanol–water partition coefficient (Wildman–Crippen LogP) is 3.52. The van der Waals surface area contributed by atoms with E-state index in [0.717, 1.165) is 33.9 Å². The molecule has 2 N–H and O–H groups in total. The molecule has 0 saturated carbocycles. The van der Waals surface area contributed by atoms with Crippen molar-refractivity contribution in [1.82, 2.24) is 25.1 Å². The van der Waals surface area contributed by atoms with E-state index < -0.39 is 0 Å². The van der Waals surface area contributed by atoms with Gasteiger partial charge in [0.25, 0.3) is 11.9 Å². The first-order chi connectivity index (χ1) is 15.0. The number of amides is 2. The summed E-state index contributed by atoms with van der Waals surface area (Å²) < 4.78 is 1.68. The van der Waals surface area contributed by atoms with Crippen molar-refractivity contribution in [3.63, 3.8) is 0 Å². The van der Waals surface area contributed by atoms with Crippen molar-refractivity contribution in [3.05, 3.63) is 63.7 Å². The van der Waals surface area contributed by atoms with Crippen LogP contribution in [0.5, 0.6) is 0 Å². The molecule has 168 valence electrons. The number of anilines is 1. The van der Waals surface area contributed by atoms with Gasteiger partial charge in [0.1, 0.15) is 0 Å². The quantitative estimate of drug-likeness (QED) is 0.618. The number of carbonyl (C=O) groups is 2. The van der Waals surface area contributed by atoms with Crippen molar-refractivity contribution in [2.24, 2.45) is 0 Å². The minimum atomic E-state index is -0.157. The highest BCUT2D eigenvalue weighted by Gasteiger charge is 2.18. The number of hydrogen-bond acceptors (Lipinski definition) is 5. The Morgan fingerprint density at radius 1 is 1.00 bits per heavy atom. The van der Waals surface area contributed by atoms with E-state index >= 15 is 0 Å². The molecule has 3 rings (SSSR count). The molecule has 0 fully saturated rings. The van der Waals surface area contributed by atoms with Crippen LogP contribution in [0.15, 0.2) is 24.3 Å². The van der Waals surface area contributed by atoms with Gasteiger partial charge in [-0.15, -0.1) is 0 Å². The Hall–Kier alpha value is -3.55. The van der Waals surface area contributed by atoms with Gasteiger partial charge in [-0.2, -0.15) is 5.10 Å². The van der Waals surface area contributed by atoms with Crippen molar-refractivity contribution in [1.29, 1.82) is 0 Å². The van der Waals surface area contributed by atoms with Crippen LogP contribution in [0, 0.1) is 34.6 Å². The smallest absolute Gasteiger partial charge is 0.251 e. The molecule has 0 unspecified atom stereocenters. The Labute approximate surface area is 188 Å². The first-order valence-corrected chi connectivity index (χ1v) is 10.6. The molecule has 3 aromatic rings. The first-order valence-electron chi connectivity index (χ1n) is 10.6. The number of nitrogens with one attached hydrogen (secondary N) is 2. The van der Waals surface area contributed by atoms with Crippen LogP contribution in [0.2, 0.25) is 0 Å². The third-order valence-corrected chi connectivity index (χ3v) is 5.11. The van der Waals surface area contributed by atoms with Crippen LogP contribution in [0.1, 0.15) is 58.1 Å². The molecule has 0 spiro atoms. The van der Waals surface area contributed by atoms with Crippen LogP contribution < -0.4 is 10.6 Å². The average Bonchev–Trinajstić information content (AvgIpc) is 2.95. The van der Waals surface area contributed by atoms with Gasteiger partial charge < -0.3 is 10.6 Å². The van der Waals surface area contributed by atoms with Gasteiger partial charge in [0.2, 0.25) is 5.91 Å². The van der Waals surface area contributed by atoms with Crippen LogP contribution >= 0.6 is 0 Å². The summed E-state index contributed by atoms with van der Waals surface area (Å²) in [5.74, 6) is 0.221. The van der Waals surface area contributed by atoms with Crippen LogP contribution in [-0.2, 0) is 11.2 Å². The lowest BCUT2D eigenvalue weighted by Gasteiger charge is -2.12. The fourth-order valence-electron chi connectivity index (χ4n) is 3.63. The summed E-state index contributed by atoms with van der Waals surface area (Å²) in [6.07, 6.45) is 0.178. The summed E-state index contributed by atoms with van der Waals surface area (Å²) >= 11 is 0. The van der Waals surface area contributed by atoms with Crippen molar-refractivity contribution in [2.75, 3.05) is 5.32 Å². The summed E-state index contributed by atoms with van der Waals surface area (Å²) in [6.45, 7) is 13.3. The van der Waals surface area contributed by atoms with E-state index in [1.165, 1.54) is 0 Å². The summed E-state index contributed by atoms with van der Waals surface area (Å²) in [5, 5.41) is 10.4. The molecule has 0 aliphatic carbocycles. The molecule has 0 bridgehead atoms. The second-order valence-electron chi connectivity index (χ2n) is 8.39. The molecule has 8 heteroatoms. The SMILES string of the molecule is Cc1cc(C)nc(-n2nc(C)c(CC(=O)Nc3ccc(C(=O)NC(C)C)c(C)c3)c2C)n1. The lowest BCUT2D eigenvalue weighted by atomic mass is 10.1. The van der Waals surface area contributed by atoms with Gasteiger partial charge in [-0.25, -0.2) is 14.6 Å². The molecule has 32 heavy (non-hydrogen) atoms. The topological polar surface area (TPSA) is 102 Å². The third-order valence-electron chi connectivity index (χ3n) is 5.11. The molecule has 2 amide bonds. The first kappa shape index (κ1) is 23.1. The van der Waals surface area contributed by atoms with Crippen LogP contribution in [0.3, 0.4) is 0 Å². The molecule has 0 saturated heterocycles. The molecule has 0 aliphatic rings. The monoisotopic (exact) mass is 434 g/mol. The molecule has 2 heterocycles. The average molecular weight is 435 g/mol. The Balaban J connectivity index is 1.76. The van der Waals surface area contributed by atoms with Gasteiger partial charge in [-0.1, -0.05) is 0 Å². The lowest BCUT2D eigenvalue weighted by Crippen LogP contribution is -2.30. The van der Waals surface area contributed by atoms with Crippen LogP contribution in [0.25, 0.3) is 5.95 Å². The molecule has 0 aliphatic heterocycles. The second kappa shape index (κ2) is 9.30. The number of benzene rings is 1. The van der Waals surface area contributed by atoms with Gasteiger partial charge in [0.15, 0.2) is 0 Å². The highest BCUT2D eigenvalue weighted by molar-refractivity contribution is 5.97. The van der Waals surface area contributed by atoms with Gasteiger partial charge in [0, 0.05) is 39.9 Å². The zero-order valence-electron chi connectivity index (χ0n) is 19.7. The van der Waals surface area contributed by atoms with Crippen LogP contribution in [0.4, 0.5) is 5.69 Å². The number of rotatable bonds is 6. The minimum Gasteiger partial charge on any atom is -0.350 e. The summed E-state index contributed by atoms with van der Waals surface area (Å²) in [7, 11) is 0. The van der Waals surface area contributed by atoms with E-state index in [9.17, 15) is 9.59 Å². The number of hydrogen-bond donors (Lipinski definition) is 2. The highest BCUT2D eigenvalue weighted by Crippen LogP contribution is 2.19. The zero-order chi connectivity index (χ0) is 23.6. The Kier molecular flexibility index (Phi) is 6.72. The number of aromatic nitrogens is 4. The Morgan fingerprint density at radius 2 is 1.66 bits per heavy atom. The lowest BCUT2D eigenvalue weighted by molar-refractivity contribution is -0.115. The maximum absolute atomic E-state index is 12.8. The normalized spacial score (nSPS) is 11.0. The number of aryl methyl sites for hydroxylation is 4. The van der Waals surface area contributed by atoms with Crippen LogP contribution in [-0.4, -0.2) is 37.6 Å². The van der Waals surface area contributed by atoms with Gasteiger partial charge in [0.05, 0.1) is 12.1 Å². The molecule has 8 nitrogen and oxygen atoms in total.